The summed E-state index contributed by atoms with van der Waals surface area (Å²) in [5.74, 6) is 7.16. The van der Waals surface area contributed by atoms with Crippen LogP contribution in [-0.4, -0.2) is 20.4 Å². The number of rotatable bonds is 6. The average Bonchev–Trinajstić information content (AvgIpc) is 2.33. The summed E-state index contributed by atoms with van der Waals surface area (Å²) in [7, 11) is -3.49. The zero-order valence-corrected chi connectivity index (χ0v) is 12.8. The van der Waals surface area contributed by atoms with Crippen LogP contribution in [0.3, 0.4) is 0 Å². The van der Waals surface area contributed by atoms with Gasteiger partial charge >= 0.3 is 10.1 Å². The number of para-hydroxylation sites is 1. The monoisotopic (exact) mass is 298 g/mol. The minimum atomic E-state index is -3.49. The summed E-state index contributed by atoms with van der Waals surface area (Å²) in [6.45, 7) is 2.13. The first-order chi connectivity index (χ1) is 9.03. The highest BCUT2D eigenvalue weighted by atomic mass is 32.2. The van der Waals surface area contributed by atoms with Gasteiger partial charge in [0.2, 0.25) is 0 Å². The topological polar surface area (TPSA) is 43.4 Å². The van der Waals surface area contributed by atoms with Gasteiger partial charge in [-0.05, 0) is 18.6 Å². The smallest absolute Gasteiger partial charge is 0.306 e. The van der Waals surface area contributed by atoms with E-state index >= 15 is 0 Å². The zero-order chi connectivity index (χ0) is 14.1. The van der Waals surface area contributed by atoms with Crippen molar-refractivity contribution in [2.24, 2.45) is 0 Å². The minimum absolute atomic E-state index is 0.366. The Morgan fingerprint density at radius 3 is 2.68 bits per heavy atom. The predicted octanol–water partition coefficient (Wildman–Crippen LogP) is 3.31. The van der Waals surface area contributed by atoms with Crippen molar-refractivity contribution in [3.8, 4) is 17.6 Å². The molecule has 0 aromatic heterocycles. The molecule has 1 rings (SSSR count). The molecule has 0 heterocycles. The van der Waals surface area contributed by atoms with Crippen LogP contribution in [0.2, 0.25) is 0 Å². The van der Waals surface area contributed by atoms with Gasteiger partial charge in [-0.2, -0.15) is 8.42 Å². The van der Waals surface area contributed by atoms with Gasteiger partial charge in [0.15, 0.2) is 5.75 Å². The molecular weight excluding hydrogens is 280 g/mol. The van der Waals surface area contributed by atoms with E-state index in [0.717, 1.165) is 30.4 Å². The maximum absolute atomic E-state index is 11.1. The van der Waals surface area contributed by atoms with Gasteiger partial charge in [0.1, 0.15) is 0 Å². The van der Waals surface area contributed by atoms with E-state index in [0.29, 0.717) is 11.5 Å². The fourth-order valence-electron chi connectivity index (χ4n) is 1.32. The lowest BCUT2D eigenvalue weighted by molar-refractivity contribution is 0.487. The van der Waals surface area contributed by atoms with Crippen molar-refractivity contribution in [2.75, 3.05) is 12.0 Å². The molecule has 0 fully saturated rings. The second-order valence-electron chi connectivity index (χ2n) is 3.98. The lowest BCUT2D eigenvalue weighted by Crippen LogP contribution is -2.06. The van der Waals surface area contributed by atoms with Crippen LogP contribution in [0.15, 0.2) is 29.2 Å². The van der Waals surface area contributed by atoms with Crippen molar-refractivity contribution in [2.45, 2.75) is 31.1 Å². The highest BCUT2D eigenvalue weighted by Gasteiger charge is 2.08. The Hall–Kier alpha value is -1.12. The fraction of sp³-hybridized carbons (Fsp3) is 0.429. The Kier molecular flexibility index (Phi) is 6.82. The summed E-state index contributed by atoms with van der Waals surface area (Å²) in [4.78, 5) is 0.790. The third-order valence-corrected chi connectivity index (χ3v) is 3.59. The van der Waals surface area contributed by atoms with Gasteiger partial charge in [-0.15, -0.1) is 17.7 Å². The molecule has 19 heavy (non-hydrogen) atoms. The summed E-state index contributed by atoms with van der Waals surface area (Å²) < 4.78 is 27.2. The molecule has 3 nitrogen and oxygen atoms in total. The Bertz CT molecular complexity index is 554. The van der Waals surface area contributed by atoms with E-state index in [2.05, 4.69) is 18.8 Å². The minimum Gasteiger partial charge on any atom is -0.381 e. The maximum atomic E-state index is 11.1. The summed E-state index contributed by atoms with van der Waals surface area (Å²) >= 11 is 1.48. The Labute approximate surface area is 119 Å². The molecule has 0 saturated carbocycles. The number of hydrogen-bond donors (Lipinski definition) is 0. The van der Waals surface area contributed by atoms with E-state index < -0.39 is 10.1 Å². The second kappa shape index (κ2) is 8.13. The number of unbranched alkanes of at least 4 members (excludes halogenated alkanes) is 2. The molecule has 0 N–H and O–H groups in total. The van der Waals surface area contributed by atoms with E-state index in [9.17, 15) is 8.42 Å². The molecule has 0 amide bonds. The SMILES string of the molecule is CCCCC#CCSc1ccccc1OS(C)(=O)=O. The standard InChI is InChI=1S/C14H18O3S2/c1-3-4-5-6-9-12-18-14-11-8-7-10-13(14)17-19(2,15)16/h7-8,10-11H,3-5,12H2,1-2H3. The molecule has 1 aromatic carbocycles. The summed E-state index contributed by atoms with van der Waals surface area (Å²) in [6.07, 6.45) is 4.22. The molecule has 0 saturated heterocycles. The first-order valence-corrected chi connectivity index (χ1v) is 8.90. The maximum Gasteiger partial charge on any atom is 0.306 e. The molecule has 104 valence electrons. The van der Waals surface area contributed by atoms with Gasteiger partial charge in [-0.1, -0.05) is 31.4 Å². The number of thioether (sulfide) groups is 1. The second-order valence-corrected chi connectivity index (χ2v) is 6.57. The largest absolute Gasteiger partial charge is 0.381 e. The summed E-state index contributed by atoms with van der Waals surface area (Å²) in [6, 6.07) is 7.08. The lowest BCUT2D eigenvalue weighted by Gasteiger charge is -2.07. The van der Waals surface area contributed by atoms with E-state index in [4.69, 9.17) is 4.18 Å². The Balaban J connectivity index is 2.60. The molecule has 0 aliphatic carbocycles. The van der Waals surface area contributed by atoms with Gasteiger partial charge < -0.3 is 4.18 Å². The molecular formula is C14H18O3S2. The molecule has 0 unspecified atom stereocenters. The van der Waals surface area contributed by atoms with Crippen molar-refractivity contribution in [1.82, 2.24) is 0 Å². The molecule has 0 bridgehead atoms. The van der Waals surface area contributed by atoms with Gasteiger partial charge in [-0.25, -0.2) is 0 Å². The van der Waals surface area contributed by atoms with Crippen molar-refractivity contribution < 1.29 is 12.6 Å². The van der Waals surface area contributed by atoms with Gasteiger partial charge in [0, 0.05) is 6.42 Å². The van der Waals surface area contributed by atoms with Crippen LogP contribution >= 0.6 is 11.8 Å². The average molecular weight is 298 g/mol. The molecule has 5 heteroatoms. The normalized spacial score (nSPS) is 10.6. The van der Waals surface area contributed by atoms with Crippen LogP contribution in [0.4, 0.5) is 0 Å². The molecule has 0 atom stereocenters. The molecule has 0 radical (unpaired) electrons. The third-order valence-electron chi connectivity index (χ3n) is 2.17. The van der Waals surface area contributed by atoms with Crippen LogP contribution in [0.25, 0.3) is 0 Å². The van der Waals surface area contributed by atoms with Crippen LogP contribution in [0.5, 0.6) is 5.75 Å². The number of benzene rings is 1. The lowest BCUT2D eigenvalue weighted by atomic mass is 10.3. The highest BCUT2D eigenvalue weighted by molar-refractivity contribution is 7.99. The van der Waals surface area contributed by atoms with Crippen molar-refractivity contribution >= 4 is 21.9 Å². The van der Waals surface area contributed by atoms with Crippen molar-refractivity contribution in [3.63, 3.8) is 0 Å². The van der Waals surface area contributed by atoms with Crippen molar-refractivity contribution in [3.05, 3.63) is 24.3 Å². The Morgan fingerprint density at radius 1 is 1.26 bits per heavy atom. The van der Waals surface area contributed by atoms with E-state index in [1.807, 2.05) is 12.1 Å². The van der Waals surface area contributed by atoms with E-state index in [1.54, 1.807) is 12.1 Å². The summed E-state index contributed by atoms with van der Waals surface area (Å²) in [5.41, 5.74) is 0. The van der Waals surface area contributed by atoms with Crippen LogP contribution in [-0.2, 0) is 10.1 Å². The quantitative estimate of drug-likeness (QED) is 0.350. The summed E-state index contributed by atoms with van der Waals surface area (Å²) in [5, 5.41) is 0. The van der Waals surface area contributed by atoms with E-state index in [1.165, 1.54) is 11.8 Å². The van der Waals surface area contributed by atoms with Crippen LogP contribution < -0.4 is 4.18 Å². The third kappa shape index (κ3) is 7.14. The van der Waals surface area contributed by atoms with Crippen molar-refractivity contribution in [1.29, 1.82) is 0 Å². The Morgan fingerprint density at radius 2 is 2.00 bits per heavy atom. The number of hydrogen-bond acceptors (Lipinski definition) is 4. The molecule has 0 spiro atoms. The first kappa shape index (κ1) is 15.9. The van der Waals surface area contributed by atoms with Gasteiger partial charge in [-0.3, -0.25) is 0 Å². The van der Waals surface area contributed by atoms with Gasteiger partial charge in [0.25, 0.3) is 0 Å². The van der Waals surface area contributed by atoms with Crippen LogP contribution in [0, 0.1) is 11.8 Å². The highest BCUT2D eigenvalue weighted by Crippen LogP contribution is 2.29. The molecule has 0 aliphatic rings. The van der Waals surface area contributed by atoms with E-state index in [-0.39, 0.29) is 0 Å². The molecule has 0 aliphatic heterocycles. The first-order valence-electron chi connectivity index (χ1n) is 6.10. The van der Waals surface area contributed by atoms with Crippen LogP contribution in [0.1, 0.15) is 26.2 Å². The fourth-order valence-corrected chi connectivity index (χ4v) is 2.60. The predicted molar refractivity (Wildman–Crippen MR) is 79.9 cm³/mol. The van der Waals surface area contributed by atoms with Gasteiger partial charge in [0.05, 0.1) is 16.9 Å². The molecule has 1 aromatic rings. The zero-order valence-electron chi connectivity index (χ0n) is 11.2.